The van der Waals surface area contributed by atoms with Gasteiger partial charge in [0.05, 0.1) is 0 Å². The Balaban J connectivity index is 2.28. The van der Waals surface area contributed by atoms with Gasteiger partial charge in [-0.25, -0.2) is 17.2 Å². The SMILES string of the molecule is CC(C)N1CCN(S(=O)(=O)c2c(F)cc(N)cc2F)CC1. The zero-order valence-corrected chi connectivity index (χ0v) is 12.8. The molecule has 0 saturated carbocycles. The molecule has 1 aromatic rings. The van der Waals surface area contributed by atoms with E-state index in [-0.39, 0.29) is 18.8 Å². The van der Waals surface area contributed by atoms with Crippen molar-refractivity contribution in [1.82, 2.24) is 9.21 Å². The summed E-state index contributed by atoms with van der Waals surface area (Å²) in [5, 5.41) is 0. The number of halogens is 2. The summed E-state index contributed by atoms with van der Waals surface area (Å²) in [5.74, 6) is -2.31. The Morgan fingerprint density at radius 3 is 2.00 bits per heavy atom. The van der Waals surface area contributed by atoms with Gasteiger partial charge in [0, 0.05) is 37.9 Å². The van der Waals surface area contributed by atoms with E-state index in [9.17, 15) is 17.2 Å². The lowest BCUT2D eigenvalue weighted by molar-refractivity contribution is 0.154. The number of anilines is 1. The topological polar surface area (TPSA) is 66.6 Å². The fourth-order valence-corrected chi connectivity index (χ4v) is 3.93. The second-order valence-corrected chi connectivity index (χ2v) is 7.22. The molecule has 8 heteroatoms. The quantitative estimate of drug-likeness (QED) is 0.852. The van der Waals surface area contributed by atoms with Crippen LogP contribution in [0.5, 0.6) is 0 Å². The average molecular weight is 319 g/mol. The molecule has 5 nitrogen and oxygen atoms in total. The molecule has 21 heavy (non-hydrogen) atoms. The Labute approximate surface area is 123 Å². The van der Waals surface area contributed by atoms with Gasteiger partial charge >= 0.3 is 0 Å². The molecular weight excluding hydrogens is 300 g/mol. The Hall–Kier alpha value is -1.25. The fraction of sp³-hybridized carbons (Fsp3) is 0.538. The maximum absolute atomic E-state index is 13.8. The van der Waals surface area contributed by atoms with Gasteiger partial charge in [-0.15, -0.1) is 0 Å². The first-order valence-corrected chi connectivity index (χ1v) is 8.16. The van der Waals surface area contributed by atoms with E-state index in [2.05, 4.69) is 4.90 Å². The predicted octanol–water partition coefficient (Wildman–Crippen LogP) is 1.26. The molecule has 0 atom stereocenters. The van der Waals surface area contributed by atoms with Gasteiger partial charge in [-0.2, -0.15) is 4.31 Å². The first kappa shape index (κ1) is 16.1. The summed E-state index contributed by atoms with van der Waals surface area (Å²) in [6.07, 6.45) is 0. The summed E-state index contributed by atoms with van der Waals surface area (Å²) in [6.45, 7) is 5.53. The summed E-state index contributed by atoms with van der Waals surface area (Å²) in [4.78, 5) is 1.19. The summed E-state index contributed by atoms with van der Waals surface area (Å²) < 4.78 is 53.6. The molecule has 1 aliphatic heterocycles. The van der Waals surface area contributed by atoms with Crippen molar-refractivity contribution >= 4 is 15.7 Å². The lowest BCUT2D eigenvalue weighted by Crippen LogP contribution is -2.50. The smallest absolute Gasteiger partial charge is 0.249 e. The van der Waals surface area contributed by atoms with E-state index in [1.165, 1.54) is 0 Å². The van der Waals surface area contributed by atoms with Gasteiger partial charge in [0.2, 0.25) is 10.0 Å². The van der Waals surface area contributed by atoms with E-state index in [4.69, 9.17) is 5.73 Å². The van der Waals surface area contributed by atoms with Crippen LogP contribution >= 0.6 is 0 Å². The third-order valence-electron chi connectivity index (χ3n) is 3.62. The number of nitrogens with two attached hydrogens (primary N) is 1. The number of benzene rings is 1. The Bertz CT molecular complexity index is 603. The van der Waals surface area contributed by atoms with Crippen LogP contribution < -0.4 is 5.73 Å². The molecule has 1 fully saturated rings. The van der Waals surface area contributed by atoms with E-state index in [0.717, 1.165) is 16.4 Å². The third kappa shape index (κ3) is 3.17. The molecule has 0 unspecified atom stereocenters. The lowest BCUT2D eigenvalue weighted by atomic mass is 10.3. The van der Waals surface area contributed by atoms with Gasteiger partial charge in [0.1, 0.15) is 11.6 Å². The van der Waals surface area contributed by atoms with Crippen LogP contribution in [0.4, 0.5) is 14.5 Å². The van der Waals surface area contributed by atoms with Crippen molar-refractivity contribution in [3.63, 3.8) is 0 Å². The van der Waals surface area contributed by atoms with Crippen molar-refractivity contribution in [3.05, 3.63) is 23.8 Å². The minimum absolute atomic E-state index is 0.145. The Morgan fingerprint density at radius 2 is 1.57 bits per heavy atom. The van der Waals surface area contributed by atoms with Crippen LogP contribution in [0, 0.1) is 11.6 Å². The van der Waals surface area contributed by atoms with E-state index >= 15 is 0 Å². The molecule has 1 heterocycles. The number of sulfonamides is 1. The molecule has 0 amide bonds. The molecule has 0 aliphatic carbocycles. The first-order chi connectivity index (χ1) is 9.73. The van der Waals surface area contributed by atoms with E-state index < -0.39 is 26.6 Å². The van der Waals surface area contributed by atoms with E-state index in [1.54, 1.807) is 0 Å². The Morgan fingerprint density at radius 1 is 1.10 bits per heavy atom. The van der Waals surface area contributed by atoms with Crippen LogP contribution in [0.1, 0.15) is 13.8 Å². The number of nitrogens with zero attached hydrogens (tertiary/aromatic N) is 2. The molecule has 2 rings (SSSR count). The molecule has 1 aliphatic rings. The minimum atomic E-state index is -4.19. The Kier molecular flexibility index (Phi) is 4.50. The summed E-state index contributed by atoms with van der Waals surface area (Å²) in [7, 11) is -4.19. The number of piperazine rings is 1. The van der Waals surface area contributed by atoms with Crippen molar-refractivity contribution < 1.29 is 17.2 Å². The molecule has 1 aromatic carbocycles. The number of hydrogen-bond donors (Lipinski definition) is 1. The number of rotatable bonds is 3. The second kappa shape index (κ2) is 5.86. The monoisotopic (exact) mass is 319 g/mol. The van der Waals surface area contributed by atoms with Gasteiger partial charge < -0.3 is 5.73 Å². The van der Waals surface area contributed by atoms with Gasteiger partial charge in [-0.3, -0.25) is 4.90 Å². The van der Waals surface area contributed by atoms with Gasteiger partial charge in [-0.1, -0.05) is 0 Å². The first-order valence-electron chi connectivity index (χ1n) is 6.72. The highest BCUT2D eigenvalue weighted by atomic mass is 32.2. The van der Waals surface area contributed by atoms with E-state index in [1.807, 2.05) is 13.8 Å². The highest BCUT2D eigenvalue weighted by Gasteiger charge is 2.33. The van der Waals surface area contributed by atoms with Crippen molar-refractivity contribution in [2.75, 3.05) is 31.9 Å². The molecule has 0 radical (unpaired) electrons. The molecule has 0 bridgehead atoms. The van der Waals surface area contributed by atoms with Crippen LogP contribution in [0.3, 0.4) is 0 Å². The van der Waals surface area contributed by atoms with Crippen molar-refractivity contribution in [2.45, 2.75) is 24.8 Å². The maximum Gasteiger partial charge on any atom is 0.249 e. The summed E-state index contributed by atoms with van der Waals surface area (Å²) in [6, 6.07) is 1.94. The van der Waals surface area contributed by atoms with Crippen LogP contribution in [-0.2, 0) is 10.0 Å². The van der Waals surface area contributed by atoms with Gasteiger partial charge in [-0.05, 0) is 26.0 Å². The van der Waals surface area contributed by atoms with E-state index in [0.29, 0.717) is 19.1 Å². The van der Waals surface area contributed by atoms with Gasteiger partial charge in [0.15, 0.2) is 4.90 Å². The highest BCUT2D eigenvalue weighted by Crippen LogP contribution is 2.26. The summed E-state index contributed by atoms with van der Waals surface area (Å²) >= 11 is 0. The standard InChI is InChI=1S/C13H19F2N3O2S/c1-9(2)17-3-5-18(6-4-17)21(19,20)13-11(14)7-10(16)8-12(13)15/h7-9H,3-6,16H2,1-2H3. The van der Waals surface area contributed by atoms with Crippen LogP contribution in [0.15, 0.2) is 17.0 Å². The summed E-state index contributed by atoms with van der Waals surface area (Å²) in [5.41, 5.74) is 5.16. The maximum atomic E-state index is 13.8. The molecule has 2 N–H and O–H groups in total. The largest absolute Gasteiger partial charge is 0.399 e. The number of hydrogen-bond acceptors (Lipinski definition) is 4. The van der Waals surface area contributed by atoms with Crippen LogP contribution in [0.2, 0.25) is 0 Å². The van der Waals surface area contributed by atoms with Gasteiger partial charge in [0.25, 0.3) is 0 Å². The van der Waals surface area contributed by atoms with Crippen molar-refractivity contribution in [2.24, 2.45) is 0 Å². The molecular formula is C13H19F2N3O2S. The highest BCUT2D eigenvalue weighted by molar-refractivity contribution is 7.89. The van der Waals surface area contributed by atoms with Crippen LogP contribution in [0.25, 0.3) is 0 Å². The van der Waals surface area contributed by atoms with Crippen LogP contribution in [-0.4, -0.2) is 49.8 Å². The second-order valence-electron chi connectivity index (χ2n) is 5.35. The lowest BCUT2D eigenvalue weighted by Gasteiger charge is -2.36. The normalized spacial score (nSPS) is 18.3. The molecule has 1 saturated heterocycles. The zero-order chi connectivity index (χ0) is 15.8. The molecule has 118 valence electrons. The minimum Gasteiger partial charge on any atom is -0.399 e. The van der Waals surface area contributed by atoms with Crippen molar-refractivity contribution in [3.8, 4) is 0 Å². The molecule has 0 spiro atoms. The third-order valence-corrected chi connectivity index (χ3v) is 5.57. The van der Waals surface area contributed by atoms with Crippen molar-refractivity contribution in [1.29, 1.82) is 0 Å². The number of nitrogen functional groups attached to an aromatic ring is 1. The predicted molar refractivity (Wildman–Crippen MR) is 76.2 cm³/mol. The molecule has 0 aromatic heterocycles. The fourth-order valence-electron chi connectivity index (χ4n) is 2.42. The average Bonchev–Trinajstić information content (AvgIpc) is 2.37. The zero-order valence-electron chi connectivity index (χ0n) is 12.0.